The summed E-state index contributed by atoms with van der Waals surface area (Å²) in [6.45, 7) is 5.88. The summed E-state index contributed by atoms with van der Waals surface area (Å²) < 4.78 is 96.6. The van der Waals surface area contributed by atoms with Gasteiger partial charge in [0.05, 0.1) is 16.1 Å². The van der Waals surface area contributed by atoms with Crippen molar-refractivity contribution in [3.63, 3.8) is 0 Å². The van der Waals surface area contributed by atoms with Gasteiger partial charge in [0.1, 0.15) is 4.90 Å². The van der Waals surface area contributed by atoms with Crippen LogP contribution in [0.3, 0.4) is 0 Å². The minimum Gasteiger partial charge on any atom is -0.375 e. The van der Waals surface area contributed by atoms with E-state index in [9.17, 15) is 30.0 Å². The molecule has 0 spiro atoms. The Morgan fingerprint density at radius 3 is 2.36 bits per heavy atom. The van der Waals surface area contributed by atoms with Crippen LogP contribution in [0, 0.1) is 0 Å². The summed E-state index contributed by atoms with van der Waals surface area (Å²) in [5.41, 5.74) is -5.57. The van der Waals surface area contributed by atoms with Gasteiger partial charge in [-0.15, -0.1) is 11.8 Å². The number of thioether (sulfide) groups is 1. The molecule has 0 bridgehead atoms. The van der Waals surface area contributed by atoms with E-state index in [2.05, 4.69) is 4.18 Å². The van der Waals surface area contributed by atoms with Crippen LogP contribution in [0.2, 0.25) is 0 Å². The molecule has 1 aliphatic heterocycles. The molecule has 0 N–H and O–H groups in total. The maximum absolute atomic E-state index is 14.0. The molecule has 0 aromatic heterocycles. The maximum atomic E-state index is 14.0. The summed E-state index contributed by atoms with van der Waals surface area (Å²) in [6.07, 6.45) is 3.71. The van der Waals surface area contributed by atoms with Gasteiger partial charge in [0.2, 0.25) is 10.0 Å². The highest BCUT2D eigenvalue weighted by Crippen LogP contribution is 2.49. The van der Waals surface area contributed by atoms with E-state index in [1.807, 2.05) is 36.9 Å². The van der Waals surface area contributed by atoms with Crippen molar-refractivity contribution in [2.45, 2.75) is 53.9 Å². The zero-order valence-electron chi connectivity index (χ0n) is 20.2. The molecular formula is C22H28F3N2O5PS3. The number of para-hydroxylation sites is 1. The van der Waals surface area contributed by atoms with Crippen molar-refractivity contribution >= 4 is 52.0 Å². The third kappa shape index (κ3) is 5.50. The summed E-state index contributed by atoms with van der Waals surface area (Å²) in [4.78, 5) is 1.57. The van der Waals surface area contributed by atoms with E-state index in [0.717, 1.165) is 30.7 Å². The number of hydrogen-bond donors (Lipinski definition) is 0. The number of fused-ring (bicyclic) bond motifs is 1. The number of rotatable bonds is 8. The Labute approximate surface area is 216 Å². The van der Waals surface area contributed by atoms with Gasteiger partial charge in [0.25, 0.3) is 0 Å². The van der Waals surface area contributed by atoms with Gasteiger partial charge in [-0.1, -0.05) is 38.0 Å². The molecule has 0 saturated carbocycles. The summed E-state index contributed by atoms with van der Waals surface area (Å²) in [5.74, 6) is -0.688. The molecule has 36 heavy (non-hydrogen) atoms. The quantitative estimate of drug-likeness (QED) is 0.164. The van der Waals surface area contributed by atoms with Gasteiger partial charge < -0.3 is 9.08 Å². The fraction of sp³-hybridized carbons (Fsp3) is 0.455. The molecule has 0 saturated heterocycles. The number of nitrogens with zero attached hydrogens (tertiary/aromatic N) is 2. The second-order valence-electron chi connectivity index (χ2n) is 8.47. The zero-order valence-corrected chi connectivity index (χ0v) is 23.6. The van der Waals surface area contributed by atoms with E-state index >= 15 is 0 Å². The first-order valence-corrected chi connectivity index (χ1v) is 16.5. The number of alkyl halides is 3. The van der Waals surface area contributed by atoms with Crippen molar-refractivity contribution < 1.29 is 34.2 Å². The van der Waals surface area contributed by atoms with E-state index in [4.69, 9.17) is 0 Å². The highest BCUT2D eigenvalue weighted by atomic mass is 32.2. The number of anilines is 2. The van der Waals surface area contributed by atoms with E-state index in [0.29, 0.717) is 18.7 Å². The van der Waals surface area contributed by atoms with E-state index < -0.39 is 36.9 Å². The summed E-state index contributed by atoms with van der Waals surface area (Å²) in [6, 6.07) is 11.3. The van der Waals surface area contributed by atoms with Crippen molar-refractivity contribution in [1.29, 1.82) is 0 Å². The molecule has 3 rings (SSSR count). The molecule has 2 aromatic rings. The van der Waals surface area contributed by atoms with Crippen LogP contribution >= 0.6 is 20.5 Å². The Morgan fingerprint density at radius 1 is 1.19 bits per heavy atom. The second kappa shape index (κ2) is 10.7. The lowest BCUT2D eigenvalue weighted by Crippen LogP contribution is -2.49. The second-order valence-corrected chi connectivity index (χ2v) is 13.8. The number of sulfonamides is 1. The van der Waals surface area contributed by atoms with Gasteiger partial charge in [0, 0.05) is 18.3 Å². The summed E-state index contributed by atoms with van der Waals surface area (Å²) >= 11 is 0.954. The maximum Gasteiger partial charge on any atom is 0.534 e. The van der Waals surface area contributed by atoms with Gasteiger partial charge in [-0.05, 0) is 53.2 Å². The first-order valence-electron chi connectivity index (χ1n) is 11.0. The fourth-order valence-corrected chi connectivity index (χ4v) is 8.83. The molecule has 2 atom stereocenters. The molecule has 0 amide bonds. The average molecular weight is 585 g/mol. The molecule has 1 heterocycles. The molecule has 0 fully saturated rings. The van der Waals surface area contributed by atoms with E-state index in [1.165, 1.54) is 16.4 Å². The Balaban J connectivity index is 2.34. The lowest BCUT2D eigenvalue weighted by molar-refractivity contribution is -0.0500. The van der Waals surface area contributed by atoms with Gasteiger partial charge in [-0.2, -0.15) is 25.7 Å². The van der Waals surface area contributed by atoms with Crippen LogP contribution in [-0.2, 0) is 20.1 Å². The molecule has 2 aromatic carbocycles. The van der Waals surface area contributed by atoms with Crippen molar-refractivity contribution in [2.24, 2.45) is 0 Å². The molecule has 7 nitrogen and oxygen atoms in total. The Kier molecular flexibility index (Phi) is 8.62. The molecule has 0 aliphatic carbocycles. The highest BCUT2D eigenvalue weighted by molar-refractivity contribution is 7.98. The SMILES string of the molecule is CCCCC1(C)CN(c2ccccc2)c2cc(SC)c(OS(=O)(=O)C(F)(F)F)cc2S(=O)(=O)N1PC. The van der Waals surface area contributed by atoms with Crippen molar-refractivity contribution in [1.82, 2.24) is 4.08 Å². The topological polar surface area (TPSA) is 84.0 Å². The van der Waals surface area contributed by atoms with E-state index in [-0.39, 0.29) is 24.2 Å². The monoisotopic (exact) mass is 584 g/mol. The number of halogens is 3. The zero-order chi connectivity index (χ0) is 26.9. The Bertz CT molecular complexity index is 1310. The van der Waals surface area contributed by atoms with Crippen LogP contribution in [-0.4, -0.2) is 51.4 Å². The van der Waals surface area contributed by atoms with Crippen molar-refractivity contribution in [3.8, 4) is 5.75 Å². The van der Waals surface area contributed by atoms with Gasteiger partial charge >= 0.3 is 15.6 Å². The fourth-order valence-electron chi connectivity index (χ4n) is 4.18. The predicted octanol–water partition coefficient (Wildman–Crippen LogP) is 5.95. The van der Waals surface area contributed by atoms with Gasteiger partial charge in [-0.25, -0.2) is 8.42 Å². The lowest BCUT2D eigenvalue weighted by atomic mass is 9.95. The smallest absolute Gasteiger partial charge is 0.375 e. The summed E-state index contributed by atoms with van der Waals surface area (Å²) in [7, 11) is -10.4. The molecular weight excluding hydrogens is 556 g/mol. The minimum absolute atomic E-state index is 0.0559. The third-order valence-electron chi connectivity index (χ3n) is 5.87. The minimum atomic E-state index is -6.01. The highest BCUT2D eigenvalue weighted by Gasteiger charge is 2.50. The molecule has 1 aliphatic rings. The Hall–Kier alpha value is -1.53. The average Bonchev–Trinajstić information content (AvgIpc) is 2.87. The van der Waals surface area contributed by atoms with Crippen LogP contribution in [0.1, 0.15) is 33.1 Å². The van der Waals surface area contributed by atoms with E-state index in [1.54, 1.807) is 18.8 Å². The number of unbranched alkanes of at least 4 members (excludes halogenated alkanes) is 1. The normalized spacial score (nSPS) is 20.9. The van der Waals surface area contributed by atoms with Crippen LogP contribution in [0.4, 0.5) is 24.5 Å². The van der Waals surface area contributed by atoms with Crippen LogP contribution in [0.5, 0.6) is 5.75 Å². The van der Waals surface area contributed by atoms with Crippen LogP contribution in [0.15, 0.2) is 52.3 Å². The van der Waals surface area contributed by atoms with Crippen molar-refractivity contribution in [3.05, 3.63) is 42.5 Å². The van der Waals surface area contributed by atoms with Crippen LogP contribution < -0.4 is 9.08 Å². The van der Waals surface area contributed by atoms with Gasteiger partial charge in [-0.3, -0.25) is 0 Å². The van der Waals surface area contributed by atoms with Gasteiger partial charge in [0.15, 0.2) is 5.75 Å². The van der Waals surface area contributed by atoms with Crippen molar-refractivity contribution in [2.75, 3.05) is 24.4 Å². The largest absolute Gasteiger partial charge is 0.534 e. The third-order valence-corrected chi connectivity index (χ3v) is 11.6. The van der Waals surface area contributed by atoms with Crippen LogP contribution in [0.25, 0.3) is 0 Å². The number of benzene rings is 2. The first kappa shape index (κ1) is 29.0. The molecule has 2 unspecified atom stereocenters. The summed E-state index contributed by atoms with van der Waals surface area (Å²) in [5, 5.41) is 0. The molecule has 200 valence electrons. The molecule has 14 heteroatoms. The predicted molar refractivity (Wildman–Crippen MR) is 138 cm³/mol. The number of hydrogen-bond acceptors (Lipinski definition) is 7. The Morgan fingerprint density at radius 2 is 1.83 bits per heavy atom. The lowest BCUT2D eigenvalue weighted by Gasteiger charge is -2.40. The first-order chi connectivity index (χ1) is 16.7. The molecule has 0 radical (unpaired) electrons. The standard InChI is InChI=1S/C22H28F3N2O5PS3/c1-5-6-12-21(2)15-26(16-10-8-7-9-11-16)17-13-19(34-4)18(32-36(30,31)22(23,24)25)14-20(17)35(28,29)27(21)33-3/h7-11,13-14,33H,5-6,12,15H2,1-4H3.